The van der Waals surface area contributed by atoms with Crippen LogP contribution in [0.5, 0.6) is 0 Å². The fourth-order valence-corrected chi connectivity index (χ4v) is 3.91. The molecule has 0 aliphatic carbocycles. The van der Waals surface area contributed by atoms with Crippen molar-refractivity contribution < 1.29 is 39.6 Å². The minimum absolute atomic E-state index is 0.266. The number of nitrogens with two attached hydrogens (primary N) is 5. The normalized spacial score (nSPS) is 12.4. The fourth-order valence-electron chi connectivity index (χ4n) is 3.91. The highest BCUT2D eigenvalue weighted by atomic mass is 16.4. The Balaban J connectivity index is 0.000000327. The molecule has 0 bridgehead atoms. The van der Waals surface area contributed by atoms with Crippen LogP contribution in [-0.2, 0) is 44.9 Å². The van der Waals surface area contributed by atoms with Gasteiger partial charge in [-0.25, -0.2) is 0 Å². The number of hydrogen-bond acceptors (Lipinski definition) is 9. The summed E-state index contributed by atoms with van der Waals surface area (Å²) in [4.78, 5) is 41.6. The van der Waals surface area contributed by atoms with Gasteiger partial charge < -0.3 is 49.1 Å². The summed E-state index contributed by atoms with van der Waals surface area (Å²) in [6, 6.07) is 31.9. The van der Waals surface area contributed by atoms with Crippen molar-refractivity contribution in [2.45, 2.75) is 49.9 Å². The number of anilines is 1. The van der Waals surface area contributed by atoms with E-state index < -0.39 is 48.0 Å². The van der Waals surface area contributed by atoms with E-state index in [1.54, 1.807) is 24.3 Å². The molecule has 4 aromatic rings. The third kappa shape index (κ3) is 18.4. The molecule has 0 amide bonds. The molecule has 4 aromatic carbocycles. The smallest absolute Gasteiger partial charge is 0.320 e. The summed E-state index contributed by atoms with van der Waals surface area (Å²) in [6.45, 7) is 0. The first-order valence-electron chi connectivity index (χ1n) is 15.1. The number of carboxylic acids is 4. The lowest BCUT2D eigenvalue weighted by molar-refractivity contribution is -0.139. The number of carboxylic acid groups (broad SMARTS) is 4. The van der Waals surface area contributed by atoms with Gasteiger partial charge in [0, 0.05) is 12.1 Å². The van der Waals surface area contributed by atoms with Crippen LogP contribution in [0.25, 0.3) is 0 Å². The third-order valence-corrected chi connectivity index (χ3v) is 6.66. The fraction of sp³-hybridized carbons (Fsp3) is 0.222. The van der Waals surface area contributed by atoms with Gasteiger partial charge in [-0.15, -0.1) is 0 Å². The van der Waals surface area contributed by atoms with Gasteiger partial charge in [0.2, 0.25) is 0 Å². The Labute approximate surface area is 285 Å². The largest absolute Gasteiger partial charge is 0.480 e. The van der Waals surface area contributed by atoms with E-state index >= 15 is 0 Å². The molecule has 13 nitrogen and oxygen atoms in total. The molecule has 0 spiro atoms. The van der Waals surface area contributed by atoms with Gasteiger partial charge >= 0.3 is 23.9 Å². The number of para-hydroxylation sites is 1. The van der Waals surface area contributed by atoms with Crippen LogP contribution >= 0.6 is 0 Å². The van der Waals surface area contributed by atoms with E-state index in [4.69, 9.17) is 49.1 Å². The van der Waals surface area contributed by atoms with E-state index in [1.165, 1.54) is 0 Å². The number of hydrogen-bond donors (Lipinski definition) is 9. The number of carbonyl (C=O) groups is 4. The first kappa shape index (κ1) is 41.4. The van der Waals surface area contributed by atoms with Gasteiger partial charge in [0.1, 0.15) is 24.2 Å². The number of nitrogen functional groups attached to an aromatic ring is 1. The number of aliphatic carboxylic acids is 4. The molecule has 0 aliphatic rings. The van der Waals surface area contributed by atoms with Gasteiger partial charge in [0.05, 0.1) is 0 Å². The highest BCUT2D eigenvalue weighted by Gasteiger charge is 2.14. The second-order valence-electron chi connectivity index (χ2n) is 10.8. The average Bonchev–Trinajstić information content (AvgIpc) is 3.08. The van der Waals surface area contributed by atoms with Gasteiger partial charge in [0.15, 0.2) is 0 Å². The Morgan fingerprint density at radius 1 is 0.408 bits per heavy atom. The van der Waals surface area contributed by atoms with Crippen molar-refractivity contribution in [2.75, 3.05) is 5.73 Å². The molecule has 4 atom stereocenters. The van der Waals surface area contributed by atoms with Crippen LogP contribution in [0.4, 0.5) is 5.69 Å². The predicted molar refractivity (Wildman–Crippen MR) is 187 cm³/mol. The molecular weight excluding hydrogens is 630 g/mol. The second kappa shape index (κ2) is 22.8. The summed E-state index contributed by atoms with van der Waals surface area (Å²) < 4.78 is 0. The summed E-state index contributed by atoms with van der Waals surface area (Å²) in [6.07, 6.45) is 1.42. The lowest BCUT2D eigenvalue weighted by Gasteiger charge is -2.08. The lowest BCUT2D eigenvalue weighted by Crippen LogP contribution is -2.32. The van der Waals surface area contributed by atoms with Gasteiger partial charge in [-0.05, 0) is 47.6 Å². The predicted octanol–water partition coefficient (Wildman–Crippen LogP) is 2.15. The zero-order valence-corrected chi connectivity index (χ0v) is 26.9. The Hall–Kier alpha value is -5.60. The maximum Gasteiger partial charge on any atom is 0.320 e. The second-order valence-corrected chi connectivity index (χ2v) is 10.8. The molecule has 4 unspecified atom stereocenters. The third-order valence-electron chi connectivity index (χ3n) is 6.66. The van der Waals surface area contributed by atoms with E-state index in [2.05, 4.69) is 0 Å². The Kier molecular flexibility index (Phi) is 19.3. The van der Waals surface area contributed by atoms with Crippen molar-refractivity contribution in [1.82, 2.24) is 0 Å². The maximum atomic E-state index is 10.4. The molecule has 49 heavy (non-hydrogen) atoms. The quantitative estimate of drug-likeness (QED) is 0.0975. The average molecular weight is 676 g/mol. The Morgan fingerprint density at radius 2 is 0.653 bits per heavy atom. The highest BCUT2D eigenvalue weighted by Crippen LogP contribution is 2.12. The highest BCUT2D eigenvalue weighted by molar-refractivity contribution is 5.75. The summed E-state index contributed by atoms with van der Waals surface area (Å²) >= 11 is 0. The van der Waals surface area contributed by atoms with Crippen molar-refractivity contribution in [3.63, 3.8) is 0 Å². The Morgan fingerprint density at radius 3 is 0.918 bits per heavy atom. The van der Waals surface area contributed by atoms with Crippen LogP contribution in [0.1, 0.15) is 22.3 Å². The van der Waals surface area contributed by atoms with Crippen molar-refractivity contribution in [3.8, 4) is 0 Å². The first-order valence-corrected chi connectivity index (χ1v) is 15.1. The van der Waals surface area contributed by atoms with E-state index in [1.807, 2.05) is 91.0 Å². The van der Waals surface area contributed by atoms with Crippen molar-refractivity contribution >= 4 is 29.6 Å². The number of benzene rings is 4. The van der Waals surface area contributed by atoms with Crippen LogP contribution in [-0.4, -0.2) is 68.5 Å². The van der Waals surface area contributed by atoms with Crippen molar-refractivity contribution in [3.05, 3.63) is 138 Å². The molecule has 14 N–H and O–H groups in total. The van der Waals surface area contributed by atoms with Crippen LogP contribution in [0.3, 0.4) is 0 Å². The number of rotatable bonds is 12. The minimum atomic E-state index is -1.01. The molecule has 0 saturated heterocycles. The van der Waals surface area contributed by atoms with E-state index in [0.29, 0.717) is 24.9 Å². The van der Waals surface area contributed by atoms with Crippen LogP contribution in [0, 0.1) is 0 Å². The zero-order valence-electron chi connectivity index (χ0n) is 26.9. The van der Waals surface area contributed by atoms with Crippen molar-refractivity contribution in [1.29, 1.82) is 0 Å². The summed E-state index contributed by atoms with van der Waals surface area (Å²) in [5, 5.41) is 34.1. The van der Waals surface area contributed by atoms with Crippen LogP contribution < -0.4 is 28.7 Å². The molecule has 262 valence electrons. The van der Waals surface area contributed by atoms with Crippen LogP contribution in [0.15, 0.2) is 115 Å². The van der Waals surface area contributed by atoms with Gasteiger partial charge in [0.25, 0.3) is 0 Å². The van der Waals surface area contributed by atoms with Gasteiger partial charge in [-0.3, -0.25) is 19.2 Å². The van der Waals surface area contributed by atoms with Crippen LogP contribution in [0.2, 0.25) is 0 Å². The minimum Gasteiger partial charge on any atom is -0.480 e. The van der Waals surface area contributed by atoms with E-state index in [0.717, 1.165) is 22.3 Å². The molecule has 4 rings (SSSR count). The molecule has 0 fully saturated rings. The SMILES string of the molecule is NC(Cc1ccccc1)C(=O)O.NC(Cc1ccccc1)C(=O)O.NC(Cc1ccccc1)C(=O)O.Nc1ccccc1CC(N)C(=O)O. The molecule has 0 aromatic heterocycles. The van der Waals surface area contributed by atoms with Gasteiger partial charge in [-0.2, -0.15) is 0 Å². The van der Waals surface area contributed by atoms with E-state index in [9.17, 15) is 19.2 Å². The molecule has 0 heterocycles. The molecule has 0 radical (unpaired) electrons. The standard InChI is InChI=1S/C9H12N2O2.3C9H11NO2/c10-7-4-2-1-3-6(7)5-8(11)9(12)13;3*10-8(9(11)12)6-7-4-2-1-3-5-7/h1-4,8H,5,10-11H2,(H,12,13);3*1-5,8H,6,10H2,(H,11,12). The summed E-state index contributed by atoms with van der Waals surface area (Å²) in [5.41, 5.74) is 31.2. The maximum absolute atomic E-state index is 10.4. The molecule has 0 saturated carbocycles. The lowest BCUT2D eigenvalue weighted by atomic mass is 10.1. The van der Waals surface area contributed by atoms with Crippen molar-refractivity contribution in [2.24, 2.45) is 22.9 Å². The molecule has 0 aliphatic heterocycles. The van der Waals surface area contributed by atoms with E-state index in [-0.39, 0.29) is 6.42 Å². The molecule has 13 heteroatoms. The topological polar surface area (TPSA) is 279 Å². The first-order chi connectivity index (χ1) is 23.2. The summed E-state index contributed by atoms with van der Waals surface area (Å²) in [7, 11) is 0. The Bertz CT molecular complexity index is 1420. The molecular formula is C36H45N5O8. The monoisotopic (exact) mass is 675 g/mol. The zero-order chi connectivity index (χ0) is 36.8. The van der Waals surface area contributed by atoms with Gasteiger partial charge in [-0.1, -0.05) is 109 Å². The summed E-state index contributed by atoms with van der Waals surface area (Å²) in [5.74, 6) is -3.89.